The molecule has 0 amide bonds. The van der Waals surface area contributed by atoms with Crippen molar-refractivity contribution in [1.29, 1.82) is 0 Å². The van der Waals surface area contributed by atoms with Crippen LogP contribution in [0.15, 0.2) is 33.9 Å². The van der Waals surface area contributed by atoms with Gasteiger partial charge in [0.25, 0.3) is 11.7 Å². The van der Waals surface area contributed by atoms with Gasteiger partial charge in [-0.2, -0.15) is 5.10 Å². The van der Waals surface area contributed by atoms with Crippen LogP contribution in [0.4, 0.5) is 11.5 Å². The number of H-pyrrole nitrogens is 1. The van der Waals surface area contributed by atoms with Crippen molar-refractivity contribution in [2.24, 2.45) is 4.99 Å². The summed E-state index contributed by atoms with van der Waals surface area (Å²) >= 11 is 3.36. The topological polar surface area (TPSA) is 88.5 Å². The van der Waals surface area contributed by atoms with Crippen molar-refractivity contribution in [2.75, 3.05) is 0 Å². The summed E-state index contributed by atoms with van der Waals surface area (Å²) in [4.78, 5) is 19.1. The van der Waals surface area contributed by atoms with E-state index in [1.807, 2.05) is 13.0 Å². The van der Waals surface area contributed by atoms with Gasteiger partial charge in [0.2, 0.25) is 0 Å². The average Bonchev–Trinajstić information content (AvgIpc) is 3.02. The first-order chi connectivity index (χ1) is 11.6. The summed E-state index contributed by atoms with van der Waals surface area (Å²) in [5, 5.41) is 18.1. The van der Waals surface area contributed by atoms with Crippen LogP contribution in [-0.4, -0.2) is 26.9 Å². The maximum atomic E-state index is 11.2. The molecular weight excluding hydrogens is 374 g/mol. The summed E-state index contributed by atoms with van der Waals surface area (Å²) < 4.78 is 0.401. The van der Waals surface area contributed by atoms with Crippen LogP contribution in [0.2, 0.25) is 0 Å². The van der Waals surface area contributed by atoms with E-state index in [-0.39, 0.29) is 11.6 Å². The number of nitro benzene ring substituents is 1. The Labute approximate surface area is 146 Å². The summed E-state index contributed by atoms with van der Waals surface area (Å²) in [5.41, 5.74) is 2.27. The van der Waals surface area contributed by atoms with E-state index >= 15 is 0 Å². The highest BCUT2D eigenvalue weighted by molar-refractivity contribution is 9.10. The number of aromatic nitrogens is 2. The third-order valence-electron chi connectivity index (χ3n) is 4.08. The molecule has 7 nitrogen and oxygen atoms in total. The van der Waals surface area contributed by atoms with E-state index in [1.165, 1.54) is 6.07 Å². The van der Waals surface area contributed by atoms with Gasteiger partial charge in [0.15, 0.2) is 5.82 Å². The minimum Gasteiger partial charge on any atom is -0.306 e. The Morgan fingerprint density at radius 2 is 2.25 bits per heavy atom. The second-order valence-electron chi connectivity index (χ2n) is 5.52. The Morgan fingerprint density at radius 1 is 1.46 bits per heavy atom. The monoisotopic (exact) mass is 387 g/mol. The zero-order valence-corrected chi connectivity index (χ0v) is 14.4. The van der Waals surface area contributed by atoms with Gasteiger partial charge in [-0.25, -0.2) is 11.6 Å². The lowest BCUT2D eigenvalue weighted by Crippen LogP contribution is -2.29. The summed E-state index contributed by atoms with van der Waals surface area (Å²) in [6, 6.07) is 4.41. The number of rotatable bonds is 4. The molecule has 0 aliphatic carbocycles. The second-order valence-corrected chi connectivity index (χ2v) is 6.31. The van der Waals surface area contributed by atoms with Crippen molar-refractivity contribution in [2.45, 2.75) is 31.7 Å². The molecule has 2 atom stereocenters. The molecule has 0 bridgehead atoms. The Kier molecular flexibility index (Phi) is 4.44. The predicted molar refractivity (Wildman–Crippen MR) is 93.6 cm³/mol. The molecule has 0 radical (unpaired) electrons. The molecule has 3 rings (SSSR count). The van der Waals surface area contributed by atoms with E-state index < -0.39 is 11.0 Å². The molecule has 1 aromatic carbocycles. The van der Waals surface area contributed by atoms with E-state index in [0.717, 1.165) is 17.7 Å². The van der Waals surface area contributed by atoms with Gasteiger partial charge < -0.3 is 4.85 Å². The van der Waals surface area contributed by atoms with Gasteiger partial charge >= 0.3 is 0 Å². The Balaban J connectivity index is 2.20. The number of nitrogens with zero attached hydrogens (tertiary/aromatic N) is 4. The third-order valence-corrected chi connectivity index (χ3v) is 4.94. The normalized spacial score (nSPS) is 19.3. The third kappa shape index (κ3) is 2.61. The largest absolute Gasteiger partial charge is 0.306 e. The van der Waals surface area contributed by atoms with Gasteiger partial charge in [-0.1, -0.05) is 25.5 Å². The quantitative estimate of drug-likeness (QED) is 0.479. The SMILES string of the molecule is [C-]#[N+]C1C(CCC)=Nc2[nH]ncc2C1c1cccc([N+](=O)[O-])c1Br. The molecule has 24 heavy (non-hydrogen) atoms. The van der Waals surface area contributed by atoms with E-state index in [9.17, 15) is 10.1 Å². The van der Waals surface area contributed by atoms with Crippen LogP contribution < -0.4 is 0 Å². The predicted octanol–water partition coefficient (Wildman–Crippen LogP) is 4.39. The fourth-order valence-electron chi connectivity index (χ4n) is 3.04. The highest BCUT2D eigenvalue weighted by atomic mass is 79.9. The highest BCUT2D eigenvalue weighted by Crippen LogP contribution is 2.44. The first-order valence-electron chi connectivity index (χ1n) is 7.48. The molecule has 122 valence electrons. The maximum absolute atomic E-state index is 11.2. The molecule has 0 saturated carbocycles. The summed E-state index contributed by atoms with van der Waals surface area (Å²) in [6.07, 6.45) is 3.22. The Hall–Kier alpha value is -2.53. The number of hydrogen-bond donors (Lipinski definition) is 1. The van der Waals surface area contributed by atoms with Crippen molar-refractivity contribution in [3.63, 3.8) is 0 Å². The molecule has 1 aromatic heterocycles. The van der Waals surface area contributed by atoms with E-state index in [0.29, 0.717) is 22.3 Å². The number of halogens is 1. The molecule has 1 N–H and O–H groups in total. The first-order valence-corrected chi connectivity index (χ1v) is 8.27. The molecule has 0 saturated heterocycles. The Bertz CT molecular complexity index is 868. The number of fused-ring (bicyclic) bond motifs is 1. The van der Waals surface area contributed by atoms with E-state index in [4.69, 9.17) is 6.57 Å². The van der Waals surface area contributed by atoms with Crippen molar-refractivity contribution in [3.05, 3.63) is 61.5 Å². The summed E-state index contributed by atoms with van der Waals surface area (Å²) in [6.45, 7) is 9.69. The number of nitrogens with one attached hydrogen (secondary N) is 1. The molecule has 0 spiro atoms. The molecule has 1 aliphatic rings. The van der Waals surface area contributed by atoms with Crippen molar-refractivity contribution in [1.82, 2.24) is 10.2 Å². The summed E-state index contributed by atoms with van der Waals surface area (Å²) in [5.74, 6) is 0.284. The maximum Gasteiger partial charge on any atom is 0.283 e. The lowest BCUT2D eigenvalue weighted by atomic mass is 9.81. The number of benzene rings is 1. The molecule has 8 heteroatoms. The smallest absolute Gasteiger partial charge is 0.283 e. The van der Waals surface area contributed by atoms with E-state index in [1.54, 1.807) is 12.3 Å². The van der Waals surface area contributed by atoms with Crippen LogP contribution in [0.1, 0.15) is 36.8 Å². The summed E-state index contributed by atoms with van der Waals surface area (Å²) in [7, 11) is 0. The van der Waals surface area contributed by atoms with Gasteiger partial charge in [0, 0.05) is 11.6 Å². The fraction of sp³-hybridized carbons (Fsp3) is 0.312. The molecule has 1 aliphatic heterocycles. The van der Waals surface area contributed by atoms with Crippen LogP contribution in [-0.2, 0) is 0 Å². The van der Waals surface area contributed by atoms with Crippen LogP contribution in [0.5, 0.6) is 0 Å². The number of aromatic amines is 1. The minimum atomic E-state index is -0.492. The molecule has 2 unspecified atom stereocenters. The Morgan fingerprint density at radius 3 is 2.92 bits per heavy atom. The molecule has 2 aromatic rings. The van der Waals surface area contributed by atoms with Gasteiger partial charge in [0.05, 0.1) is 21.5 Å². The van der Waals surface area contributed by atoms with Crippen molar-refractivity contribution >= 4 is 33.1 Å². The van der Waals surface area contributed by atoms with Gasteiger partial charge in [-0.3, -0.25) is 15.2 Å². The average molecular weight is 388 g/mol. The molecule has 2 heterocycles. The minimum absolute atomic E-state index is 0.0131. The van der Waals surface area contributed by atoms with Crippen molar-refractivity contribution < 1.29 is 4.92 Å². The van der Waals surface area contributed by atoms with Gasteiger partial charge in [-0.05, 0) is 27.9 Å². The van der Waals surface area contributed by atoms with Gasteiger partial charge in [0.1, 0.15) is 5.71 Å². The van der Waals surface area contributed by atoms with Crippen molar-refractivity contribution in [3.8, 4) is 0 Å². The van der Waals surface area contributed by atoms with Crippen LogP contribution in [0, 0.1) is 16.7 Å². The van der Waals surface area contributed by atoms with Crippen LogP contribution >= 0.6 is 15.9 Å². The second kappa shape index (κ2) is 6.53. The number of hydrogen-bond acceptors (Lipinski definition) is 4. The van der Waals surface area contributed by atoms with E-state index in [2.05, 4.69) is 36.0 Å². The zero-order valence-electron chi connectivity index (χ0n) is 12.9. The lowest BCUT2D eigenvalue weighted by molar-refractivity contribution is -0.385. The van der Waals surface area contributed by atoms with Crippen LogP contribution in [0.25, 0.3) is 4.85 Å². The molecular formula is C16H14BrN5O2. The fourth-order valence-corrected chi connectivity index (χ4v) is 3.70. The highest BCUT2D eigenvalue weighted by Gasteiger charge is 2.41. The number of nitro groups is 1. The van der Waals surface area contributed by atoms with Gasteiger partial charge in [-0.15, -0.1) is 0 Å². The zero-order chi connectivity index (χ0) is 17.3. The lowest BCUT2D eigenvalue weighted by Gasteiger charge is -2.24. The molecule has 0 fully saturated rings. The standard InChI is InChI=1S/C16H14BrN5O2/c1-3-5-11-15(18-2)13(10-8-19-21-16(10)20-11)9-6-4-7-12(14(9)17)22(23)24/h4,6-8,13,15H,3,5H2,1H3,(H,19,21). The number of aliphatic imine (C=N–C) groups is 1. The first kappa shape index (κ1) is 16.3. The van der Waals surface area contributed by atoms with Crippen LogP contribution in [0.3, 0.4) is 0 Å².